The molecule has 0 radical (unpaired) electrons. The van der Waals surface area contributed by atoms with Gasteiger partial charge < -0.3 is 9.80 Å². The third kappa shape index (κ3) is 5.14. The maximum absolute atomic E-state index is 12.3. The molecule has 6 heteroatoms. The molecule has 3 rings (SSSR count). The smallest absolute Gasteiger partial charge is 0.246 e. The second-order valence-electron chi connectivity index (χ2n) is 5.70. The topological polar surface area (TPSA) is 40.6 Å². The molecule has 0 N–H and O–H groups in total. The van der Waals surface area contributed by atoms with Gasteiger partial charge in [0.05, 0.1) is 0 Å². The van der Waals surface area contributed by atoms with Gasteiger partial charge in [-0.15, -0.1) is 22.7 Å². The van der Waals surface area contributed by atoms with E-state index in [1.807, 2.05) is 57.0 Å². The van der Waals surface area contributed by atoms with Crippen molar-refractivity contribution in [3.63, 3.8) is 0 Å². The van der Waals surface area contributed by atoms with E-state index in [2.05, 4.69) is 0 Å². The van der Waals surface area contributed by atoms with Gasteiger partial charge >= 0.3 is 0 Å². The Morgan fingerprint density at radius 2 is 1.28 bits per heavy atom. The fourth-order valence-electron chi connectivity index (χ4n) is 2.65. The molecule has 0 aliphatic carbocycles. The number of rotatable bonds is 4. The van der Waals surface area contributed by atoms with E-state index in [1.165, 1.54) is 0 Å². The maximum Gasteiger partial charge on any atom is 0.246 e. The molecule has 25 heavy (non-hydrogen) atoms. The van der Waals surface area contributed by atoms with Crippen LogP contribution in [0.3, 0.4) is 0 Å². The van der Waals surface area contributed by atoms with Crippen LogP contribution in [0.4, 0.5) is 0 Å². The van der Waals surface area contributed by atoms with E-state index in [9.17, 15) is 9.59 Å². The van der Waals surface area contributed by atoms with Gasteiger partial charge in [-0.05, 0) is 41.5 Å². The van der Waals surface area contributed by atoms with Crippen LogP contribution in [-0.2, 0) is 9.59 Å². The average molecular weight is 373 g/mol. The molecule has 0 saturated carbocycles. The minimum Gasteiger partial charge on any atom is -0.337 e. The van der Waals surface area contributed by atoms with Crippen molar-refractivity contribution < 1.29 is 9.59 Å². The van der Waals surface area contributed by atoms with Crippen molar-refractivity contribution >= 4 is 46.6 Å². The first-order valence-corrected chi connectivity index (χ1v) is 9.99. The summed E-state index contributed by atoms with van der Waals surface area (Å²) in [7, 11) is 0. The molecule has 1 aliphatic heterocycles. The zero-order valence-electron chi connectivity index (χ0n) is 13.8. The molecule has 2 aromatic heterocycles. The van der Waals surface area contributed by atoms with E-state index >= 15 is 0 Å². The lowest BCUT2D eigenvalue weighted by atomic mass is 10.3. The van der Waals surface area contributed by atoms with Crippen LogP contribution >= 0.6 is 22.7 Å². The van der Waals surface area contributed by atoms with Gasteiger partial charge in [0.2, 0.25) is 11.8 Å². The van der Waals surface area contributed by atoms with Crippen molar-refractivity contribution in [2.75, 3.05) is 26.2 Å². The SMILES string of the molecule is O=C(/C=C/c1cccs1)N1CCCN(C(=O)/C=C/c2cccs2)CC1. The predicted molar refractivity (Wildman–Crippen MR) is 104 cm³/mol. The van der Waals surface area contributed by atoms with Crippen LogP contribution < -0.4 is 0 Å². The van der Waals surface area contributed by atoms with Crippen LogP contribution in [0.15, 0.2) is 47.2 Å². The van der Waals surface area contributed by atoms with Gasteiger partial charge in [0.25, 0.3) is 0 Å². The highest BCUT2D eigenvalue weighted by atomic mass is 32.1. The number of carbonyl (C=O) groups is 2. The molecular weight excluding hydrogens is 352 g/mol. The highest BCUT2D eigenvalue weighted by Gasteiger charge is 2.19. The summed E-state index contributed by atoms with van der Waals surface area (Å²) in [4.78, 5) is 30.4. The number of carbonyl (C=O) groups excluding carboxylic acids is 2. The Hall–Kier alpha value is -2.18. The fraction of sp³-hybridized carbons (Fsp3) is 0.263. The number of thiophene rings is 2. The lowest BCUT2D eigenvalue weighted by Gasteiger charge is -2.20. The zero-order valence-corrected chi connectivity index (χ0v) is 15.5. The van der Waals surface area contributed by atoms with Gasteiger partial charge in [-0.3, -0.25) is 9.59 Å². The van der Waals surface area contributed by atoms with Gasteiger partial charge in [0, 0.05) is 48.1 Å². The quantitative estimate of drug-likeness (QED) is 0.770. The molecule has 2 aromatic rings. The monoisotopic (exact) mass is 372 g/mol. The Balaban J connectivity index is 1.53. The Morgan fingerprint density at radius 3 is 1.68 bits per heavy atom. The van der Waals surface area contributed by atoms with Crippen LogP contribution in [0.25, 0.3) is 12.2 Å². The Bertz CT molecular complexity index is 684. The summed E-state index contributed by atoms with van der Waals surface area (Å²) >= 11 is 3.21. The number of nitrogens with zero attached hydrogens (tertiary/aromatic N) is 2. The molecule has 0 bridgehead atoms. The average Bonchev–Trinajstić information content (AvgIpc) is 3.27. The van der Waals surface area contributed by atoms with Gasteiger partial charge in [-0.1, -0.05) is 12.1 Å². The highest BCUT2D eigenvalue weighted by Crippen LogP contribution is 2.13. The largest absolute Gasteiger partial charge is 0.337 e. The Morgan fingerprint density at radius 1 is 0.800 bits per heavy atom. The van der Waals surface area contributed by atoms with Gasteiger partial charge in [-0.25, -0.2) is 0 Å². The van der Waals surface area contributed by atoms with Crippen molar-refractivity contribution in [1.82, 2.24) is 9.80 Å². The van der Waals surface area contributed by atoms with Crippen molar-refractivity contribution in [3.05, 3.63) is 56.9 Å². The third-order valence-corrected chi connectivity index (χ3v) is 5.66. The first kappa shape index (κ1) is 17.6. The highest BCUT2D eigenvalue weighted by molar-refractivity contribution is 7.11. The fourth-order valence-corrected chi connectivity index (χ4v) is 3.88. The first-order valence-electron chi connectivity index (χ1n) is 8.23. The van der Waals surface area contributed by atoms with E-state index in [4.69, 9.17) is 0 Å². The Kier molecular flexibility index (Phi) is 6.19. The van der Waals surface area contributed by atoms with Crippen LogP contribution in [0.5, 0.6) is 0 Å². The van der Waals surface area contributed by atoms with Crippen LogP contribution in [0, 0.1) is 0 Å². The molecule has 1 aliphatic rings. The molecule has 0 aromatic carbocycles. The summed E-state index contributed by atoms with van der Waals surface area (Å²) < 4.78 is 0. The molecule has 0 unspecified atom stereocenters. The van der Waals surface area contributed by atoms with Gasteiger partial charge in [0.15, 0.2) is 0 Å². The minimum atomic E-state index is 0.0110. The molecule has 3 heterocycles. The lowest BCUT2D eigenvalue weighted by molar-refractivity contribution is -0.128. The molecule has 4 nitrogen and oxygen atoms in total. The van der Waals surface area contributed by atoms with E-state index in [0.29, 0.717) is 26.2 Å². The van der Waals surface area contributed by atoms with Crippen molar-refractivity contribution in [2.24, 2.45) is 0 Å². The molecule has 2 amide bonds. The summed E-state index contributed by atoms with van der Waals surface area (Å²) in [5, 5.41) is 3.98. The first-order chi connectivity index (χ1) is 12.2. The molecule has 1 fully saturated rings. The second kappa shape index (κ2) is 8.78. The molecular formula is C19H20N2O2S2. The molecule has 1 saturated heterocycles. The van der Waals surface area contributed by atoms with Gasteiger partial charge in [0.1, 0.15) is 0 Å². The van der Waals surface area contributed by atoms with E-state index in [-0.39, 0.29) is 11.8 Å². The number of hydrogen-bond donors (Lipinski definition) is 0. The summed E-state index contributed by atoms with van der Waals surface area (Å²) in [5.41, 5.74) is 0. The third-order valence-electron chi connectivity index (χ3n) is 3.99. The molecule has 0 spiro atoms. The molecule has 130 valence electrons. The lowest BCUT2D eigenvalue weighted by Crippen LogP contribution is -2.36. The second-order valence-corrected chi connectivity index (χ2v) is 7.66. The van der Waals surface area contributed by atoms with Crippen molar-refractivity contribution in [3.8, 4) is 0 Å². The van der Waals surface area contributed by atoms with Crippen LogP contribution in [0.2, 0.25) is 0 Å². The Labute approximate surface area is 155 Å². The summed E-state index contributed by atoms with van der Waals surface area (Å²) in [6.45, 7) is 2.52. The van der Waals surface area contributed by atoms with Crippen molar-refractivity contribution in [1.29, 1.82) is 0 Å². The van der Waals surface area contributed by atoms with Crippen LogP contribution in [0.1, 0.15) is 16.2 Å². The summed E-state index contributed by atoms with van der Waals surface area (Å²) in [5.74, 6) is 0.0219. The normalized spacial score (nSPS) is 15.8. The number of hydrogen-bond acceptors (Lipinski definition) is 4. The van der Waals surface area contributed by atoms with E-state index in [0.717, 1.165) is 16.2 Å². The zero-order chi connectivity index (χ0) is 17.5. The van der Waals surface area contributed by atoms with Crippen LogP contribution in [-0.4, -0.2) is 47.8 Å². The van der Waals surface area contributed by atoms with Crippen molar-refractivity contribution in [2.45, 2.75) is 6.42 Å². The predicted octanol–water partition coefficient (Wildman–Crippen LogP) is 3.60. The summed E-state index contributed by atoms with van der Waals surface area (Å²) in [6, 6.07) is 7.90. The van der Waals surface area contributed by atoms with E-state index in [1.54, 1.807) is 34.8 Å². The maximum atomic E-state index is 12.3. The number of amides is 2. The molecule has 0 atom stereocenters. The van der Waals surface area contributed by atoms with Gasteiger partial charge in [-0.2, -0.15) is 0 Å². The minimum absolute atomic E-state index is 0.0110. The summed E-state index contributed by atoms with van der Waals surface area (Å²) in [6.07, 6.45) is 7.76. The standard InChI is InChI=1S/C19H20N2O2S2/c22-18(8-6-16-4-1-14-24-16)20-10-3-11-21(13-12-20)19(23)9-7-17-5-2-15-25-17/h1-2,4-9,14-15H,3,10-13H2/b8-6+,9-7+. The van der Waals surface area contributed by atoms with E-state index < -0.39 is 0 Å².